The number of fused-ring (bicyclic) bond motifs is 1. The topological polar surface area (TPSA) is 85.8 Å². The average molecular weight is 474 g/mol. The minimum absolute atomic E-state index is 0.0352. The van der Waals surface area contributed by atoms with E-state index in [-0.39, 0.29) is 40.0 Å². The average Bonchev–Trinajstić information content (AvgIpc) is 3.32. The maximum absolute atomic E-state index is 14.1. The van der Waals surface area contributed by atoms with Gasteiger partial charge in [0.2, 0.25) is 0 Å². The van der Waals surface area contributed by atoms with Crippen LogP contribution in [0.5, 0.6) is 0 Å². The molecule has 2 aliphatic heterocycles. The molecule has 33 heavy (non-hydrogen) atoms. The number of benzene rings is 1. The van der Waals surface area contributed by atoms with E-state index in [1.165, 1.54) is 36.3 Å². The zero-order chi connectivity index (χ0) is 23.4. The molecule has 2 aromatic rings. The van der Waals surface area contributed by atoms with Crippen LogP contribution >= 0.6 is 11.3 Å². The first-order chi connectivity index (χ1) is 15.8. The summed E-state index contributed by atoms with van der Waals surface area (Å²) in [7, 11) is 1.25. The zero-order valence-corrected chi connectivity index (χ0v) is 18.7. The molecule has 1 aromatic heterocycles. The molecule has 1 aromatic carbocycles. The number of Topliss-reactive ketones (excluding diaryl/α,β-unsaturated/α-hetero) is 1. The summed E-state index contributed by atoms with van der Waals surface area (Å²) >= 11 is 0.959. The van der Waals surface area contributed by atoms with Crippen molar-refractivity contribution in [2.24, 2.45) is 5.92 Å². The van der Waals surface area contributed by atoms with Crippen LogP contribution in [0.1, 0.15) is 46.2 Å². The van der Waals surface area contributed by atoms with Gasteiger partial charge < -0.3 is 9.47 Å². The van der Waals surface area contributed by atoms with Crippen molar-refractivity contribution in [3.63, 3.8) is 0 Å². The van der Waals surface area contributed by atoms with Crippen LogP contribution in [0, 0.1) is 18.7 Å². The van der Waals surface area contributed by atoms with Crippen LogP contribution < -0.4 is 4.90 Å². The van der Waals surface area contributed by atoms with Crippen LogP contribution in [0.25, 0.3) is 0 Å². The van der Waals surface area contributed by atoms with Crippen molar-refractivity contribution < 1.29 is 32.6 Å². The molecule has 4 atom stereocenters. The van der Waals surface area contributed by atoms with Gasteiger partial charge in [-0.25, -0.2) is 18.6 Å². The second-order valence-corrected chi connectivity index (χ2v) is 9.29. The second kappa shape index (κ2) is 8.02. The Morgan fingerprint density at radius 2 is 1.97 bits per heavy atom. The summed E-state index contributed by atoms with van der Waals surface area (Å²) in [5, 5.41) is 0.185. The van der Waals surface area contributed by atoms with E-state index in [0.29, 0.717) is 17.7 Å². The Bertz CT molecular complexity index is 1190. The Balaban J connectivity index is 1.63. The lowest BCUT2D eigenvalue weighted by atomic mass is 9.77. The first-order valence-electron chi connectivity index (χ1n) is 10.5. The molecule has 3 aliphatic rings. The third-order valence-electron chi connectivity index (χ3n) is 6.33. The summed E-state index contributed by atoms with van der Waals surface area (Å²) in [6.07, 6.45) is -1.03. The smallest absolute Gasteiger partial charge is 0.350 e. The van der Waals surface area contributed by atoms with Crippen molar-refractivity contribution >= 4 is 34.1 Å². The van der Waals surface area contributed by atoms with Crippen LogP contribution in [0.15, 0.2) is 35.6 Å². The minimum atomic E-state index is -1.11. The molecular formula is C23H20F2N2O5S. The summed E-state index contributed by atoms with van der Waals surface area (Å²) < 4.78 is 38.5. The molecule has 0 radical (unpaired) electrons. The molecule has 5 rings (SSSR count). The number of methoxy groups -OCH3 is 1. The molecule has 0 spiro atoms. The number of ketones is 1. The van der Waals surface area contributed by atoms with Crippen LogP contribution in [0.2, 0.25) is 0 Å². The zero-order valence-electron chi connectivity index (χ0n) is 17.8. The molecule has 1 amide bonds. The van der Waals surface area contributed by atoms with Crippen molar-refractivity contribution in [3.05, 3.63) is 57.5 Å². The van der Waals surface area contributed by atoms with E-state index in [2.05, 4.69) is 4.98 Å². The highest BCUT2D eigenvalue weighted by atomic mass is 32.1. The largest absolute Gasteiger partial charge is 0.483 e. The fourth-order valence-corrected chi connectivity index (χ4v) is 5.75. The lowest BCUT2D eigenvalue weighted by Gasteiger charge is -2.36. The van der Waals surface area contributed by atoms with Gasteiger partial charge in [-0.3, -0.25) is 14.5 Å². The number of hydrogen-bond donors (Lipinski definition) is 0. The van der Waals surface area contributed by atoms with Gasteiger partial charge in [-0.2, -0.15) is 0 Å². The second-order valence-electron chi connectivity index (χ2n) is 8.31. The lowest BCUT2D eigenvalue weighted by Crippen LogP contribution is -2.42. The number of aromatic nitrogens is 1. The molecule has 0 saturated heterocycles. The highest BCUT2D eigenvalue weighted by Crippen LogP contribution is 2.49. The number of nitrogens with zero attached hydrogens (tertiary/aromatic N) is 2. The molecule has 1 saturated carbocycles. The summed E-state index contributed by atoms with van der Waals surface area (Å²) in [5.74, 6) is -2.74. The predicted octanol–water partition coefficient (Wildman–Crippen LogP) is 3.83. The van der Waals surface area contributed by atoms with Gasteiger partial charge in [0.15, 0.2) is 16.7 Å². The van der Waals surface area contributed by atoms with Gasteiger partial charge in [0.05, 0.1) is 30.3 Å². The van der Waals surface area contributed by atoms with E-state index >= 15 is 0 Å². The maximum atomic E-state index is 14.1. The fraction of sp³-hybridized carbons (Fsp3) is 0.391. The number of aryl methyl sites for hydroxylation is 1. The summed E-state index contributed by atoms with van der Waals surface area (Å²) in [6.45, 7) is 1.62. The molecule has 172 valence electrons. The van der Waals surface area contributed by atoms with Gasteiger partial charge in [0.25, 0.3) is 5.91 Å². The molecule has 10 heteroatoms. The van der Waals surface area contributed by atoms with Gasteiger partial charge in [0.1, 0.15) is 23.0 Å². The van der Waals surface area contributed by atoms with Crippen molar-refractivity contribution in [1.82, 2.24) is 4.98 Å². The van der Waals surface area contributed by atoms with Gasteiger partial charge >= 0.3 is 5.97 Å². The van der Waals surface area contributed by atoms with Crippen LogP contribution in [-0.4, -0.2) is 42.0 Å². The predicted molar refractivity (Wildman–Crippen MR) is 114 cm³/mol. The Labute approximate surface area is 192 Å². The van der Waals surface area contributed by atoms with E-state index in [9.17, 15) is 23.2 Å². The van der Waals surface area contributed by atoms with Crippen molar-refractivity contribution in [2.75, 3.05) is 12.0 Å². The number of amides is 1. The van der Waals surface area contributed by atoms with Gasteiger partial charge in [-0.1, -0.05) is 23.5 Å². The third-order valence-corrected chi connectivity index (χ3v) is 7.47. The monoisotopic (exact) mass is 474 g/mol. The van der Waals surface area contributed by atoms with Crippen LogP contribution in [0.4, 0.5) is 13.9 Å². The number of alkyl halides is 1. The van der Waals surface area contributed by atoms with E-state index in [1.807, 2.05) is 0 Å². The number of esters is 1. The number of thiazole rings is 1. The molecule has 1 aliphatic carbocycles. The number of anilines is 1. The number of carbonyl (C=O) groups is 3. The number of hydrogen-bond acceptors (Lipinski definition) is 7. The minimum Gasteiger partial charge on any atom is -0.483 e. The molecule has 0 bridgehead atoms. The van der Waals surface area contributed by atoms with Gasteiger partial charge in [-0.15, -0.1) is 0 Å². The molecular weight excluding hydrogens is 454 g/mol. The summed E-state index contributed by atoms with van der Waals surface area (Å²) in [6, 6.07) is 4.50. The van der Waals surface area contributed by atoms with E-state index < -0.39 is 41.9 Å². The Hall–Kier alpha value is -3.14. The number of ether oxygens (including phenoxy) is 2. The summed E-state index contributed by atoms with van der Waals surface area (Å²) in [5.41, 5.74) is 0.971. The van der Waals surface area contributed by atoms with E-state index in [1.54, 1.807) is 6.92 Å². The maximum Gasteiger partial charge on any atom is 0.350 e. The quantitative estimate of drug-likeness (QED) is 0.629. The van der Waals surface area contributed by atoms with E-state index in [4.69, 9.17) is 9.47 Å². The third kappa shape index (κ3) is 3.43. The van der Waals surface area contributed by atoms with Crippen LogP contribution in [0.3, 0.4) is 0 Å². The summed E-state index contributed by atoms with van der Waals surface area (Å²) in [4.78, 5) is 45.1. The highest BCUT2D eigenvalue weighted by Gasteiger charge is 2.54. The standard InChI is InChI=1S/C23H20F2N2O5S/c1-10-20(22(30)31-2)33-23(26-10)27-17(11-3-5-12(24)6-4-11)16-18(28)14-9-13(25)7-8-15(14)32-19(16)21(27)29/h3-6,13-15,17H,7-9H2,1-2H3. The first-order valence-corrected chi connectivity index (χ1v) is 11.4. The fourth-order valence-electron chi connectivity index (χ4n) is 4.74. The number of carbonyl (C=O) groups excluding carboxylic acids is 3. The Morgan fingerprint density at radius 3 is 2.67 bits per heavy atom. The normalized spacial score (nSPS) is 26.7. The van der Waals surface area contributed by atoms with E-state index in [0.717, 1.165) is 11.3 Å². The molecule has 3 heterocycles. The Kier molecular flexibility index (Phi) is 5.27. The van der Waals surface area contributed by atoms with Crippen LogP contribution in [-0.2, 0) is 19.1 Å². The Morgan fingerprint density at radius 1 is 1.24 bits per heavy atom. The lowest BCUT2D eigenvalue weighted by molar-refractivity contribution is -0.133. The van der Waals surface area contributed by atoms with Crippen molar-refractivity contribution in [3.8, 4) is 0 Å². The first kappa shape index (κ1) is 21.7. The molecule has 4 unspecified atom stereocenters. The number of rotatable bonds is 3. The molecule has 7 nitrogen and oxygen atoms in total. The van der Waals surface area contributed by atoms with Crippen molar-refractivity contribution in [1.29, 1.82) is 0 Å². The van der Waals surface area contributed by atoms with Crippen molar-refractivity contribution in [2.45, 2.75) is 44.5 Å². The highest BCUT2D eigenvalue weighted by molar-refractivity contribution is 7.17. The molecule has 1 fully saturated rings. The number of halogens is 2. The molecule has 0 N–H and O–H groups in total. The SMILES string of the molecule is COC(=O)c1sc(N2C(=O)C3=C(C(=O)C4CC(F)CCC4O3)C2c2ccc(F)cc2)nc1C. The van der Waals surface area contributed by atoms with Gasteiger partial charge in [0, 0.05) is 0 Å². The van der Waals surface area contributed by atoms with Gasteiger partial charge in [-0.05, 0) is 43.9 Å².